The van der Waals surface area contributed by atoms with Crippen LogP contribution in [0.5, 0.6) is 0 Å². The molecule has 6 nitrogen and oxygen atoms in total. The number of anilines is 1. The highest BCUT2D eigenvalue weighted by molar-refractivity contribution is 7.14. The van der Waals surface area contributed by atoms with Crippen molar-refractivity contribution in [2.75, 3.05) is 5.32 Å². The van der Waals surface area contributed by atoms with Gasteiger partial charge in [0.25, 0.3) is 5.91 Å². The molecule has 7 heteroatoms. The van der Waals surface area contributed by atoms with Gasteiger partial charge in [-0.25, -0.2) is 9.78 Å². The fourth-order valence-corrected chi connectivity index (χ4v) is 2.88. The predicted octanol–water partition coefficient (Wildman–Crippen LogP) is 3.70. The first kappa shape index (κ1) is 17.8. The van der Waals surface area contributed by atoms with E-state index in [-0.39, 0.29) is 0 Å². The van der Waals surface area contributed by atoms with Gasteiger partial charge in [-0.15, -0.1) is 11.3 Å². The Balaban J connectivity index is 1.61. The van der Waals surface area contributed by atoms with Gasteiger partial charge in [-0.2, -0.15) is 0 Å². The van der Waals surface area contributed by atoms with Crippen molar-refractivity contribution < 1.29 is 14.3 Å². The van der Waals surface area contributed by atoms with Crippen molar-refractivity contribution in [1.29, 1.82) is 0 Å². The predicted molar refractivity (Wildman–Crippen MR) is 100 cm³/mol. The van der Waals surface area contributed by atoms with Crippen LogP contribution in [0.2, 0.25) is 0 Å². The molecule has 0 aliphatic rings. The number of ether oxygens (including phenoxy) is 1. The number of nitrogens with zero attached hydrogens (tertiary/aromatic N) is 2. The van der Waals surface area contributed by atoms with Crippen LogP contribution in [0.25, 0.3) is 11.3 Å². The van der Waals surface area contributed by atoms with E-state index in [1.807, 2.05) is 36.6 Å². The van der Waals surface area contributed by atoms with Crippen LogP contribution in [0.4, 0.5) is 5.13 Å². The number of amides is 1. The molecule has 1 aromatic carbocycles. The summed E-state index contributed by atoms with van der Waals surface area (Å²) in [5.41, 5.74) is 3.22. The number of carbonyl (C=O) groups is 2. The molecule has 0 radical (unpaired) electrons. The number of thiazole rings is 1. The summed E-state index contributed by atoms with van der Waals surface area (Å²) in [5, 5.41) is 5.00. The Morgan fingerprint density at radius 2 is 1.96 bits per heavy atom. The molecule has 1 N–H and O–H groups in total. The summed E-state index contributed by atoms with van der Waals surface area (Å²) in [5.74, 6) is -1.03. The molecule has 132 valence electrons. The Bertz CT molecular complexity index is 907. The van der Waals surface area contributed by atoms with Crippen LogP contribution in [0.1, 0.15) is 22.8 Å². The number of pyridine rings is 1. The number of rotatable bonds is 5. The van der Waals surface area contributed by atoms with Gasteiger partial charge in [-0.3, -0.25) is 15.1 Å². The average molecular weight is 367 g/mol. The third-order valence-electron chi connectivity index (χ3n) is 3.63. The molecule has 2 heterocycles. The number of nitrogens with one attached hydrogen (secondary N) is 1. The van der Waals surface area contributed by atoms with Gasteiger partial charge in [-0.05, 0) is 26.0 Å². The molecular weight excluding hydrogens is 350 g/mol. The first-order valence-electron chi connectivity index (χ1n) is 7.97. The Labute approximate surface area is 154 Å². The van der Waals surface area contributed by atoms with E-state index in [1.54, 1.807) is 18.3 Å². The first-order valence-corrected chi connectivity index (χ1v) is 8.85. The van der Waals surface area contributed by atoms with Gasteiger partial charge in [0.1, 0.15) is 0 Å². The molecule has 0 saturated carbocycles. The van der Waals surface area contributed by atoms with Gasteiger partial charge in [0.05, 0.1) is 11.3 Å². The summed E-state index contributed by atoms with van der Waals surface area (Å²) < 4.78 is 5.16. The second kappa shape index (κ2) is 7.88. The van der Waals surface area contributed by atoms with Crippen LogP contribution >= 0.6 is 11.3 Å². The van der Waals surface area contributed by atoms with Gasteiger partial charge in [-0.1, -0.05) is 29.8 Å². The smallest absolute Gasteiger partial charge is 0.340 e. The summed E-state index contributed by atoms with van der Waals surface area (Å²) in [4.78, 5) is 32.5. The van der Waals surface area contributed by atoms with E-state index < -0.39 is 18.0 Å². The maximum Gasteiger partial charge on any atom is 0.340 e. The number of aryl methyl sites for hydroxylation is 1. The van der Waals surface area contributed by atoms with E-state index in [0.29, 0.717) is 10.7 Å². The van der Waals surface area contributed by atoms with Crippen LogP contribution in [0, 0.1) is 6.92 Å². The zero-order chi connectivity index (χ0) is 18.5. The lowest BCUT2D eigenvalue weighted by atomic mass is 10.1. The summed E-state index contributed by atoms with van der Waals surface area (Å²) >= 11 is 1.32. The molecular formula is C19H17N3O3S. The van der Waals surface area contributed by atoms with Gasteiger partial charge >= 0.3 is 5.97 Å². The van der Waals surface area contributed by atoms with Crippen LogP contribution in [-0.2, 0) is 9.53 Å². The minimum atomic E-state index is -0.950. The maximum atomic E-state index is 12.2. The highest BCUT2D eigenvalue weighted by Gasteiger charge is 2.20. The zero-order valence-corrected chi connectivity index (χ0v) is 15.1. The fourth-order valence-electron chi connectivity index (χ4n) is 2.16. The molecule has 3 rings (SSSR count). The SMILES string of the molecule is Cc1ccc(-c2csc(NC(=O)C(C)OC(=O)c3cccnc3)n2)cc1. The highest BCUT2D eigenvalue weighted by atomic mass is 32.1. The summed E-state index contributed by atoms with van der Waals surface area (Å²) in [7, 11) is 0. The normalized spacial score (nSPS) is 11.6. The van der Waals surface area contributed by atoms with Crippen molar-refractivity contribution >= 4 is 28.3 Å². The molecule has 1 unspecified atom stereocenters. The van der Waals surface area contributed by atoms with Crippen LogP contribution < -0.4 is 5.32 Å². The summed E-state index contributed by atoms with van der Waals surface area (Å²) in [6, 6.07) is 11.2. The van der Waals surface area contributed by atoms with Crippen molar-refractivity contribution in [1.82, 2.24) is 9.97 Å². The minimum absolute atomic E-state index is 0.294. The van der Waals surface area contributed by atoms with E-state index >= 15 is 0 Å². The molecule has 0 bridgehead atoms. The number of hydrogen-bond donors (Lipinski definition) is 1. The number of hydrogen-bond acceptors (Lipinski definition) is 6. The second-order valence-corrected chi connectivity index (χ2v) is 6.54. The third-order valence-corrected chi connectivity index (χ3v) is 4.39. The second-order valence-electron chi connectivity index (χ2n) is 5.68. The van der Waals surface area contributed by atoms with Gasteiger partial charge in [0, 0.05) is 23.3 Å². The average Bonchev–Trinajstić information content (AvgIpc) is 3.11. The number of carbonyl (C=O) groups excluding carboxylic acids is 2. The summed E-state index contributed by atoms with van der Waals surface area (Å²) in [6.07, 6.45) is 2.00. The Morgan fingerprint density at radius 3 is 2.65 bits per heavy atom. The number of esters is 1. The topological polar surface area (TPSA) is 81.2 Å². The molecule has 1 atom stereocenters. The quantitative estimate of drug-likeness (QED) is 0.696. The van der Waals surface area contributed by atoms with E-state index in [1.165, 1.54) is 30.0 Å². The number of aromatic nitrogens is 2. The third kappa shape index (κ3) is 4.31. The molecule has 26 heavy (non-hydrogen) atoms. The minimum Gasteiger partial charge on any atom is -0.449 e. The molecule has 2 aromatic heterocycles. The summed E-state index contributed by atoms with van der Waals surface area (Å²) in [6.45, 7) is 3.53. The highest BCUT2D eigenvalue weighted by Crippen LogP contribution is 2.25. The monoisotopic (exact) mass is 367 g/mol. The Kier molecular flexibility index (Phi) is 5.38. The lowest BCUT2D eigenvalue weighted by Gasteiger charge is -2.12. The molecule has 0 saturated heterocycles. The first-order chi connectivity index (χ1) is 12.5. The molecule has 3 aromatic rings. The van der Waals surface area contributed by atoms with Gasteiger partial charge < -0.3 is 4.74 Å². The van der Waals surface area contributed by atoms with Crippen molar-refractivity contribution in [3.63, 3.8) is 0 Å². The lowest BCUT2D eigenvalue weighted by Crippen LogP contribution is -2.30. The van der Waals surface area contributed by atoms with E-state index in [2.05, 4.69) is 15.3 Å². The van der Waals surface area contributed by atoms with Crippen LogP contribution in [0.15, 0.2) is 54.2 Å². The lowest BCUT2D eigenvalue weighted by molar-refractivity contribution is -0.123. The van der Waals surface area contributed by atoms with Crippen LogP contribution in [-0.4, -0.2) is 27.9 Å². The standard InChI is InChI=1S/C19H17N3O3S/c1-12-5-7-14(8-6-12)16-11-26-19(21-16)22-17(23)13(2)25-18(24)15-4-3-9-20-10-15/h3-11,13H,1-2H3,(H,21,22,23). The van der Waals surface area contributed by atoms with Crippen molar-refractivity contribution in [3.05, 3.63) is 65.3 Å². The fraction of sp³-hybridized carbons (Fsp3) is 0.158. The molecule has 0 spiro atoms. The molecule has 1 amide bonds. The Hall–Kier alpha value is -3.06. The van der Waals surface area contributed by atoms with Crippen molar-refractivity contribution in [3.8, 4) is 11.3 Å². The van der Waals surface area contributed by atoms with E-state index in [0.717, 1.165) is 11.3 Å². The molecule has 0 fully saturated rings. The van der Waals surface area contributed by atoms with E-state index in [4.69, 9.17) is 4.74 Å². The van der Waals surface area contributed by atoms with Crippen molar-refractivity contribution in [2.24, 2.45) is 0 Å². The molecule has 0 aliphatic carbocycles. The van der Waals surface area contributed by atoms with Gasteiger partial charge in [0.2, 0.25) is 0 Å². The van der Waals surface area contributed by atoms with Crippen LogP contribution in [0.3, 0.4) is 0 Å². The number of benzene rings is 1. The maximum absolute atomic E-state index is 12.2. The van der Waals surface area contributed by atoms with E-state index in [9.17, 15) is 9.59 Å². The van der Waals surface area contributed by atoms with Crippen molar-refractivity contribution in [2.45, 2.75) is 20.0 Å². The largest absolute Gasteiger partial charge is 0.449 e. The molecule has 0 aliphatic heterocycles. The Morgan fingerprint density at radius 1 is 1.19 bits per heavy atom. The van der Waals surface area contributed by atoms with Gasteiger partial charge in [0.15, 0.2) is 11.2 Å². The zero-order valence-electron chi connectivity index (χ0n) is 14.3.